The summed E-state index contributed by atoms with van der Waals surface area (Å²) in [7, 11) is 0. The highest BCUT2D eigenvalue weighted by Crippen LogP contribution is 2.16. The average molecular weight is 322 g/mol. The molecule has 2 aromatic carbocycles. The van der Waals surface area contributed by atoms with Gasteiger partial charge >= 0.3 is 5.97 Å². The van der Waals surface area contributed by atoms with Crippen LogP contribution in [0.4, 0.5) is 5.69 Å². The van der Waals surface area contributed by atoms with Gasteiger partial charge in [-0.05, 0) is 31.2 Å². The van der Waals surface area contributed by atoms with E-state index in [-0.39, 0.29) is 25.5 Å². The molecule has 0 unspecified atom stereocenters. The lowest BCUT2D eigenvalue weighted by Crippen LogP contribution is -2.35. The van der Waals surface area contributed by atoms with E-state index >= 15 is 0 Å². The van der Waals surface area contributed by atoms with Crippen LogP contribution in [0.15, 0.2) is 54.6 Å². The van der Waals surface area contributed by atoms with Crippen molar-refractivity contribution < 1.29 is 14.3 Å². The highest BCUT2D eigenvalue weighted by atomic mass is 16.5. The summed E-state index contributed by atoms with van der Waals surface area (Å²) >= 11 is 0. The third-order valence-corrected chi connectivity index (χ3v) is 3.43. The number of carbonyl (C=O) groups is 2. The lowest BCUT2D eigenvalue weighted by Gasteiger charge is -2.21. The summed E-state index contributed by atoms with van der Waals surface area (Å²) in [5.41, 5.74) is 2.14. The van der Waals surface area contributed by atoms with E-state index in [1.165, 1.54) is 4.90 Å². The van der Waals surface area contributed by atoms with Gasteiger partial charge in [-0.2, -0.15) is 5.26 Å². The first kappa shape index (κ1) is 17.2. The van der Waals surface area contributed by atoms with Gasteiger partial charge in [-0.1, -0.05) is 35.9 Å². The van der Waals surface area contributed by atoms with E-state index in [9.17, 15) is 9.59 Å². The molecule has 0 spiro atoms. The number of anilines is 1. The minimum absolute atomic E-state index is 0.201. The molecule has 0 aliphatic carbocycles. The second-order valence-electron chi connectivity index (χ2n) is 5.23. The van der Waals surface area contributed by atoms with Crippen molar-refractivity contribution in [3.05, 3.63) is 65.7 Å². The zero-order valence-electron chi connectivity index (χ0n) is 13.4. The molecule has 0 aliphatic heterocycles. The average Bonchev–Trinajstić information content (AvgIpc) is 2.62. The van der Waals surface area contributed by atoms with Gasteiger partial charge in [0.05, 0.1) is 18.1 Å². The molecule has 5 heteroatoms. The quantitative estimate of drug-likeness (QED) is 0.766. The third-order valence-electron chi connectivity index (χ3n) is 3.43. The van der Waals surface area contributed by atoms with Crippen LogP contribution in [-0.2, 0) is 9.53 Å². The monoisotopic (exact) mass is 322 g/mol. The fraction of sp³-hybridized carbons (Fsp3) is 0.211. The Morgan fingerprint density at radius 3 is 2.38 bits per heavy atom. The molecule has 0 radical (unpaired) electrons. The van der Waals surface area contributed by atoms with Gasteiger partial charge in [0.1, 0.15) is 0 Å². The van der Waals surface area contributed by atoms with Crippen LogP contribution in [0.5, 0.6) is 0 Å². The van der Waals surface area contributed by atoms with Crippen LogP contribution in [0, 0.1) is 18.3 Å². The molecular weight excluding hydrogens is 304 g/mol. The molecule has 0 atom stereocenters. The maximum Gasteiger partial charge on any atom is 0.338 e. The zero-order chi connectivity index (χ0) is 17.4. The van der Waals surface area contributed by atoms with E-state index in [0.717, 1.165) is 5.56 Å². The van der Waals surface area contributed by atoms with Gasteiger partial charge in [0.2, 0.25) is 0 Å². The number of rotatable bonds is 6. The number of nitriles is 1. The predicted octanol–water partition coefficient (Wildman–Crippen LogP) is 3.10. The number of aryl methyl sites for hydroxylation is 1. The summed E-state index contributed by atoms with van der Waals surface area (Å²) in [6.07, 6.45) is 0.201. The van der Waals surface area contributed by atoms with E-state index in [0.29, 0.717) is 11.3 Å². The summed E-state index contributed by atoms with van der Waals surface area (Å²) in [5.74, 6) is -0.911. The molecule has 0 heterocycles. The summed E-state index contributed by atoms with van der Waals surface area (Å²) in [6, 6.07) is 17.9. The van der Waals surface area contributed by atoms with E-state index in [2.05, 4.69) is 0 Å². The molecule has 0 saturated carbocycles. The van der Waals surface area contributed by atoms with Gasteiger partial charge in [0.15, 0.2) is 6.61 Å². The number of benzene rings is 2. The van der Waals surface area contributed by atoms with Crippen molar-refractivity contribution >= 4 is 17.6 Å². The predicted molar refractivity (Wildman–Crippen MR) is 90.5 cm³/mol. The minimum Gasteiger partial charge on any atom is -0.452 e. The minimum atomic E-state index is -0.548. The van der Waals surface area contributed by atoms with E-state index < -0.39 is 5.97 Å². The Kier molecular flexibility index (Phi) is 6.09. The highest BCUT2D eigenvalue weighted by Gasteiger charge is 2.18. The molecule has 0 fully saturated rings. The van der Waals surface area contributed by atoms with Crippen molar-refractivity contribution in [2.24, 2.45) is 0 Å². The Morgan fingerprint density at radius 2 is 1.75 bits per heavy atom. The zero-order valence-corrected chi connectivity index (χ0v) is 13.4. The molecule has 0 aromatic heterocycles. The Hall–Kier alpha value is -3.13. The topological polar surface area (TPSA) is 70.4 Å². The largest absolute Gasteiger partial charge is 0.452 e. The highest BCUT2D eigenvalue weighted by molar-refractivity contribution is 5.97. The smallest absolute Gasteiger partial charge is 0.338 e. The fourth-order valence-corrected chi connectivity index (χ4v) is 2.15. The summed E-state index contributed by atoms with van der Waals surface area (Å²) in [6.45, 7) is 1.83. The maximum absolute atomic E-state index is 12.4. The second kappa shape index (κ2) is 8.49. The van der Waals surface area contributed by atoms with Crippen LogP contribution in [0.25, 0.3) is 0 Å². The van der Waals surface area contributed by atoms with E-state index in [4.69, 9.17) is 10.00 Å². The number of hydrogen-bond acceptors (Lipinski definition) is 4. The molecular formula is C19H18N2O3. The Bertz CT molecular complexity index is 733. The number of amides is 1. The van der Waals surface area contributed by atoms with Crippen LogP contribution in [-0.4, -0.2) is 25.0 Å². The second-order valence-corrected chi connectivity index (χ2v) is 5.23. The van der Waals surface area contributed by atoms with Crippen molar-refractivity contribution in [3.8, 4) is 6.07 Å². The van der Waals surface area contributed by atoms with Gasteiger partial charge in [-0.3, -0.25) is 4.79 Å². The van der Waals surface area contributed by atoms with Crippen molar-refractivity contribution in [2.75, 3.05) is 18.1 Å². The Morgan fingerprint density at radius 1 is 1.08 bits per heavy atom. The van der Waals surface area contributed by atoms with Gasteiger partial charge in [-0.15, -0.1) is 0 Å². The lowest BCUT2D eigenvalue weighted by atomic mass is 10.2. The molecule has 1 amide bonds. The SMILES string of the molecule is Cc1ccc(N(CCC#N)C(=O)COC(=O)c2ccccc2)cc1. The van der Waals surface area contributed by atoms with Gasteiger partial charge in [0, 0.05) is 12.2 Å². The van der Waals surface area contributed by atoms with Crippen LogP contribution >= 0.6 is 0 Å². The third kappa shape index (κ3) is 4.68. The van der Waals surface area contributed by atoms with Gasteiger partial charge < -0.3 is 9.64 Å². The number of ether oxygens (including phenoxy) is 1. The lowest BCUT2D eigenvalue weighted by molar-refractivity contribution is -0.121. The van der Waals surface area contributed by atoms with Crippen molar-refractivity contribution in [1.82, 2.24) is 0 Å². The Labute approximate surface area is 141 Å². The van der Waals surface area contributed by atoms with Crippen molar-refractivity contribution in [3.63, 3.8) is 0 Å². The molecule has 24 heavy (non-hydrogen) atoms. The van der Waals surface area contributed by atoms with Crippen molar-refractivity contribution in [1.29, 1.82) is 5.26 Å². The van der Waals surface area contributed by atoms with Gasteiger partial charge in [-0.25, -0.2) is 4.79 Å². The summed E-state index contributed by atoms with van der Waals surface area (Å²) in [5, 5.41) is 8.78. The summed E-state index contributed by atoms with van der Waals surface area (Å²) < 4.78 is 5.08. The van der Waals surface area contributed by atoms with E-state index in [1.54, 1.807) is 30.3 Å². The number of esters is 1. The number of hydrogen-bond donors (Lipinski definition) is 0. The van der Waals surface area contributed by atoms with Gasteiger partial charge in [0.25, 0.3) is 5.91 Å². The molecule has 2 aromatic rings. The van der Waals surface area contributed by atoms with E-state index in [1.807, 2.05) is 37.3 Å². The number of nitrogens with zero attached hydrogens (tertiary/aromatic N) is 2. The molecule has 0 aliphatic rings. The fourth-order valence-electron chi connectivity index (χ4n) is 2.15. The standard InChI is InChI=1S/C19H18N2O3/c1-15-8-10-17(11-9-15)21(13-5-12-20)18(22)14-24-19(23)16-6-3-2-4-7-16/h2-4,6-11H,5,13-14H2,1H3. The Balaban J connectivity index is 2.03. The first-order valence-corrected chi connectivity index (χ1v) is 7.58. The van der Waals surface area contributed by atoms with Crippen LogP contribution in [0.2, 0.25) is 0 Å². The molecule has 0 saturated heterocycles. The molecule has 0 bridgehead atoms. The molecule has 2 rings (SSSR count). The normalized spacial score (nSPS) is 9.83. The molecule has 5 nitrogen and oxygen atoms in total. The molecule has 122 valence electrons. The van der Waals surface area contributed by atoms with Crippen molar-refractivity contribution in [2.45, 2.75) is 13.3 Å². The van der Waals surface area contributed by atoms with Crippen LogP contribution in [0.1, 0.15) is 22.3 Å². The van der Waals surface area contributed by atoms with Crippen LogP contribution in [0.3, 0.4) is 0 Å². The first-order valence-electron chi connectivity index (χ1n) is 7.58. The maximum atomic E-state index is 12.4. The number of carbonyl (C=O) groups excluding carboxylic acids is 2. The van der Waals surface area contributed by atoms with Crippen LogP contribution < -0.4 is 4.90 Å². The summed E-state index contributed by atoms with van der Waals surface area (Å²) in [4.78, 5) is 25.8. The first-order chi connectivity index (χ1) is 11.6. The molecule has 0 N–H and O–H groups in total.